The van der Waals surface area contributed by atoms with Gasteiger partial charge in [0.25, 0.3) is 0 Å². The average molecular weight is 649 g/mol. The number of aliphatic imine (C=N–C) groups is 4. The lowest BCUT2D eigenvalue weighted by atomic mass is 10.1. The molecule has 0 fully saturated rings. The van der Waals surface area contributed by atoms with Gasteiger partial charge in [-0.25, -0.2) is 4.99 Å². The minimum Gasteiger partial charge on any atom is -0.355 e. The maximum atomic E-state index is 5.12. The number of hydrogen-bond donors (Lipinski definition) is 1. The molecule has 0 radical (unpaired) electrons. The molecule has 7 aromatic rings. The fourth-order valence-electron chi connectivity index (χ4n) is 6.27. The number of fused-ring (bicyclic) bond motifs is 3. The number of rotatable bonds is 11. The van der Waals surface area contributed by atoms with E-state index in [9.17, 15) is 0 Å². The molecule has 6 heteroatoms. The van der Waals surface area contributed by atoms with E-state index in [1.54, 1.807) is 0 Å². The first kappa shape index (κ1) is 31.9. The fraction of sp³-hybridized carbons (Fsp3) is 0.0455. The summed E-state index contributed by atoms with van der Waals surface area (Å²) in [7, 11) is 0. The van der Waals surface area contributed by atoms with Crippen molar-refractivity contribution < 1.29 is 0 Å². The van der Waals surface area contributed by atoms with E-state index in [-0.39, 0.29) is 0 Å². The lowest BCUT2D eigenvalue weighted by Gasteiger charge is -2.14. The average Bonchev–Trinajstić information content (AvgIpc) is 3.49. The van der Waals surface area contributed by atoms with Crippen molar-refractivity contribution in [2.45, 2.75) is 13.1 Å². The van der Waals surface area contributed by atoms with Crippen molar-refractivity contribution in [3.05, 3.63) is 174 Å². The highest BCUT2D eigenvalue weighted by Gasteiger charge is 2.17. The molecule has 0 bridgehead atoms. The maximum absolute atomic E-state index is 5.12. The van der Waals surface area contributed by atoms with E-state index in [1.165, 1.54) is 5.39 Å². The van der Waals surface area contributed by atoms with Gasteiger partial charge in [-0.15, -0.1) is 0 Å². The number of benzene rings is 6. The summed E-state index contributed by atoms with van der Waals surface area (Å²) >= 11 is 0. The van der Waals surface area contributed by atoms with Crippen LogP contribution in [0.2, 0.25) is 0 Å². The molecule has 6 aromatic carbocycles. The summed E-state index contributed by atoms with van der Waals surface area (Å²) in [5.74, 6) is 0.458. The van der Waals surface area contributed by atoms with Crippen molar-refractivity contribution in [3.63, 3.8) is 0 Å². The number of hydrogen-bond acceptors (Lipinski definition) is 4. The molecule has 0 amide bonds. The third kappa shape index (κ3) is 6.55. The lowest BCUT2D eigenvalue weighted by molar-refractivity contribution is 1.05. The molecule has 0 aliphatic carbocycles. The minimum atomic E-state index is 0.396. The third-order valence-corrected chi connectivity index (χ3v) is 8.65. The van der Waals surface area contributed by atoms with Crippen LogP contribution in [0.3, 0.4) is 0 Å². The van der Waals surface area contributed by atoms with E-state index in [1.807, 2.05) is 78.9 Å². The Bertz CT molecular complexity index is 2400. The molecule has 0 aliphatic rings. The Morgan fingerprint density at radius 2 is 1.34 bits per heavy atom. The second-order valence-corrected chi connectivity index (χ2v) is 11.8. The first-order valence-electron chi connectivity index (χ1n) is 16.4. The molecule has 1 aromatic heterocycles. The summed E-state index contributed by atoms with van der Waals surface area (Å²) in [4.78, 5) is 18.6. The van der Waals surface area contributed by atoms with E-state index in [2.05, 4.69) is 113 Å². The van der Waals surface area contributed by atoms with Gasteiger partial charge in [0.1, 0.15) is 5.71 Å². The predicted molar refractivity (Wildman–Crippen MR) is 214 cm³/mol. The van der Waals surface area contributed by atoms with Crippen LogP contribution < -0.4 is 5.32 Å². The third-order valence-electron chi connectivity index (χ3n) is 8.65. The molecule has 0 saturated carbocycles. The van der Waals surface area contributed by atoms with Gasteiger partial charge in [0.05, 0.1) is 29.8 Å². The van der Waals surface area contributed by atoms with Crippen LogP contribution in [0.15, 0.2) is 172 Å². The van der Waals surface area contributed by atoms with Gasteiger partial charge >= 0.3 is 0 Å². The summed E-state index contributed by atoms with van der Waals surface area (Å²) < 4.78 is 2.32. The van der Waals surface area contributed by atoms with E-state index in [0.717, 1.165) is 55.7 Å². The standard InChI is InChI=1S/C44H36N6/c1-4-33-27-38-36-22-12-14-25-41(36)50(42(38)28-40(33)49-34-19-9-6-10-20-34)35-21-15-18-32(26-35)30-47-43(37-23-11-13-24-39(37)45-2)44(46-3)48-29-31-16-7-5-8-17-31/h4-28,49H,1-3,29-30H2. The Balaban J connectivity index is 1.32. The SMILES string of the molecule is C=Cc1cc2c3ccccc3n(-c3cccc(CN=C(C(N=C)=NCc4ccccc4)c4ccccc4N=C)c3)c2cc1Nc1ccccc1. The van der Waals surface area contributed by atoms with Gasteiger partial charge < -0.3 is 9.88 Å². The zero-order chi connectivity index (χ0) is 34.3. The van der Waals surface area contributed by atoms with E-state index < -0.39 is 0 Å². The zero-order valence-electron chi connectivity index (χ0n) is 27.7. The summed E-state index contributed by atoms with van der Waals surface area (Å²) in [6.07, 6.45) is 1.91. The molecule has 1 heterocycles. The molecule has 0 unspecified atom stereocenters. The quantitative estimate of drug-likeness (QED) is 0.110. The van der Waals surface area contributed by atoms with Crippen molar-refractivity contribution >= 4 is 69.9 Å². The van der Waals surface area contributed by atoms with Crippen molar-refractivity contribution in [2.24, 2.45) is 20.0 Å². The Morgan fingerprint density at radius 3 is 2.12 bits per heavy atom. The molecule has 242 valence electrons. The maximum Gasteiger partial charge on any atom is 0.173 e. The number of anilines is 2. The van der Waals surface area contributed by atoms with Crippen LogP contribution in [0.4, 0.5) is 17.1 Å². The largest absolute Gasteiger partial charge is 0.355 e. The van der Waals surface area contributed by atoms with Crippen LogP contribution in [-0.2, 0) is 13.1 Å². The second kappa shape index (κ2) is 14.6. The van der Waals surface area contributed by atoms with Crippen LogP contribution in [-0.4, -0.2) is 29.5 Å². The predicted octanol–water partition coefficient (Wildman–Crippen LogP) is 10.8. The number of amidine groups is 1. The first-order chi connectivity index (χ1) is 24.7. The lowest BCUT2D eigenvalue weighted by Crippen LogP contribution is -2.15. The molecular weight excluding hydrogens is 613 g/mol. The van der Waals surface area contributed by atoms with Crippen molar-refractivity contribution in [3.8, 4) is 5.69 Å². The fourth-order valence-corrected chi connectivity index (χ4v) is 6.27. The van der Waals surface area contributed by atoms with Crippen LogP contribution in [0, 0.1) is 0 Å². The van der Waals surface area contributed by atoms with Crippen molar-refractivity contribution in [2.75, 3.05) is 5.32 Å². The van der Waals surface area contributed by atoms with Crippen molar-refractivity contribution in [1.29, 1.82) is 0 Å². The summed E-state index contributed by atoms with van der Waals surface area (Å²) in [6, 6.07) is 49.5. The van der Waals surface area contributed by atoms with E-state index >= 15 is 0 Å². The van der Waals surface area contributed by atoms with Crippen LogP contribution in [0.5, 0.6) is 0 Å². The first-order valence-corrected chi connectivity index (χ1v) is 16.4. The highest BCUT2D eigenvalue weighted by atomic mass is 15.0. The minimum absolute atomic E-state index is 0.396. The normalized spacial score (nSPS) is 11.8. The molecule has 0 spiro atoms. The summed E-state index contributed by atoms with van der Waals surface area (Å²) in [5.41, 5.74) is 10.5. The number of nitrogens with one attached hydrogen (secondary N) is 1. The molecular formula is C44H36N6. The Labute approximate surface area is 292 Å². The van der Waals surface area contributed by atoms with Crippen LogP contribution in [0.25, 0.3) is 33.6 Å². The van der Waals surface area contributed by atoms with Crippen molar-refractivity contribution in [1.82, 2.24) is 4.57 Å². The monoisotopic (exact) mass is 648 g/mol. The Morgan fingerprint density at radius 1 is 0.640 bits per heavy atom. The molecule has 1 N–H and O–H groups in total. The molecule has 0 atom stereocenters. The van der Waals surface area contributed by atoms with Gasteiger partial charge in [-0.1, -0.05) is 110 Å². The highest BCUT2D eigenvalue weighted by molar-refractivity contribution is 6.49. The Hall–Kier alpha value is -6.66. The number of aromatic nitrogens is 1. The topological polar surface area (TPSA) is 66.4 Å². The molecule has 50 heavy (non-hydrogen) atoms. The van der Waals surface area contributed by atoms with Gasteiger partial charge in [-0.05, 0) is 78.7 Å². The van der Waals surface area contributed by atoms with Gasteiger partial charge in [0, 0.05) is 33.4 Å². The zero-order valence-corrected chi connectivity index (χ0v) is 27.7. The van der Waals surface area contributed by atoms with Gasteiger partial charge in [0.2, 0.25) is 0 Å². The summed E-state index contributed by atoms with van der Waals surface area (Å²) in [6.45, 7) is 12.6. The second-order valence-electron chi connectivity index (χ2n) is 11.8. The van der Waals surface area contributed by atoms with Crippen LogP contribution >= 0.6 is 0 Å². The van der Waals surface area contributed by atoms with Gasteiger partial charge in [-0.2, -0.15) is 0 Å². The smallest absolute Gasteiger partial charge is 0.173 e. The summed E-state index contributed by atoms with van der Waals surface area (Å²) in [5, 5.41) is 5.94. The number of nitrogens with zero attached hydrogens (tertiary/aromatic N) is 5. The highest BCUT2D eigenvalue weighted by Crippen LogP contribution is 2.37. The van der Waals surface area contributed by atoms with E-state index in [0.29, 0.717) is 30.3 Å². The Kier molecular flexibility index (Phi) is 9.33. The van der Waals surface area contributed by atoms with Crippen LogP contribution in [0.1, 0.15) is 22.3 Å². The van der Waals surface area contributed by atoms with Gasteiger partial charge in [-0.3, -0.25) is 15.0 Å². The van der Waals surface area contributed by atoms with E-state index in [4.69, 9.17) is 9.98 Å². The number of para-hydroxylation sites is 3. The molecule has 6 nitrogen and oxygen atoms in total. The molecule has 0 aliphatic heterocycles. The van der Waals surface area contributed by atoms with Gasteiger partial charge in [0.15, 0.2) is 5.84 Å². The molecule has 7 rings (SSSR count). The molecule has 0 saturated heterocycles.